The van der Waals surface area contributed by atoms with Crippen LogP contribution in [-0.4, -0.2) is 7.05 Å². The predicted octanol–water partition coefficient (Wildman–Crippen LogP) is 4.09. The highest BCUT2D eigenvalue weighted by Gasteiger charge is 2.07. The van der Waals surface area contributed by atoms with Gasteiger partial charge in [-0.25, -0.2) is 0 Å². The summed E-state index contributed by atoms with van der Waals surface area (Å²) in [4.78, 5) is 2.21. The van der Waals surface area contributed by atoms with E-state index < -0.39 is 0 Å². The van der Waals surface area contributed by atoms with E-state index >= 15 is 0 Å². The molecule has 0 bridgehead atoms. The average molecular weight is 254 g/mol. The van der Waals surface area contributed by atoms with E-state index in [4.69, 9.17) is 5.73 Å². The Morgan fingerprint density at radius 1 is 1.00 bits per heavy atom. The molecule has 0 aromatic heterocycles. The maximum atomic E-state index is 5.88. The second-order valence-electron chi connectivity index (χ2n) is 5.23. The SMILES string of the molecule is Cc1ccc(N(C)c2ccc(C(C)N)cc2)c(C)c1. The molecule has 1 unspecified atom stereocenters. The molecule has 100 valence electrons. The van der Waals surface area contributed by atoms with Crippen LogP contribution in [0.3, 0.4) is 0 Å². The monoisotopic (exact) mass is 254 g/mol. The van der Waals surface area contributed by atoms with E-state index in [0.29, 0.717) is 0 Å². The third kappa shape index (κ3) is 2.96. The van der Waals surface area contributed by atoms with E-state index in [-0.39, 0.29) is 6.04 Å². The molecule has 0 spiro atoms. The van der Waals surface area contributed by atoms with Gasteiger partial charge in [0.05, 0.1) is 0 Å². The quantitative estimate of drug-likeness (QED) is 0.893. The van der Waals surface area contributed by atoms with Gasteiger partial charge in [-0.2, -0.15) is 0 Å². The minimum absolute atomic E-state index is 0.0838. The highest BCUT2D eigenvalue weighted by Crippen LogP contribution is 2.28. The van der Waals surface area contributed by atoms with E-state index in [9.17, 15) is 0 Å². The molecule has 2 rings (SSSR count). The summed E-state index contributed by atoms with van der Waals surface area (Å²) in [5.74, 6) is 0. The highest BCUT2D eigenvalue weighted by atomic mass is 15.1. The van der Waals surface area contributed by atoms with Crippen molar-refractivity contribution in [1.29, 1.82) is 0 Å². The number of nitrogens with zero attached hydrogens (tertiary/aromatic N) is 1. The van der Waals surface area contributed by atoms with Crippen molar-refractivity contribution in [3.05, 3.63) is 59.2 Å². The van der Waals surface area contributed by atoms with Gasteiger partial charge in [0.15, 0.2) is 0 Å². The predicted molar refractivity (Wildman–Crippen MR) is 83.0 cm³/mol. The zero-order chi connectivity index (χ0) is 14.0. The number of aryl methyl sites for hydroxylation is 2. The van der Waals surface area contributed by atoms with Crippen molar-refractivity contribution in [2.24, 2.45) is 5.73 Å². The average Bonchev–Trinajstić information content (AvgIpc) is 2.38. The van der Waals surface area contributed by atoms with Gasteiger partial charge in [0, 0.05) is 24.5 Å². The van der Waals surface area contributed by atoms with Crippen LogP contribution in [0, 0.1) is 13.8 Å². The second-order valence-corrected chi connectivity index (χ2v) is 5.23. The Kier molecular flexibility index (Phi) is 3.91. The second kappa shape index (κ2) is 5.45. The van der Waals surface area contributed by atoms with Gasteiger partial charge in [0.1, 0.15) is 0 Å². The lowest BCUT2D eigenvalue weighted by atomic mass is 10.1. The highest BCUT2D eigenvalue weighted by molar-refractivity contribution is 5.66. The molecule has 0 aliphatic heterocycles. The molecule has 2 aromatic rings. The van der Waals surface area contributed by atoms with Crippen LogP contribution < -0.4 is 10.6 Å². The minimum Gasteiger partial charge on any atom is -0.344 e. The normalized spacial score (nSPS) is 12.3. The van der Waals surface area contributed by atoms with E-state index in [1.165, 1.54) is 22.5 Å². The third-order valence-electron chi connectivity index (χ3n) is 3.52. The van der Waals surface area contributed by atoms with Crippen molar-refractivity contribution in [2.75, 3.05) is 11.9 Å². The van der Waals surface area contributed by atoms with Crippen LogP contribution in [0.15, 0.2) is 42.5 Å². The van der Waals surface area contributed by atoms with Gasteiger partial charge in [-0.3, -0.25) is 0 Å². The van der Waals surface area contributed by atoms with Crippen molar-refractivity contribution < 1.29 is 0 Å². The molecule has 0 amide bonds. The number of anilines is 2. The smallest absolute Gasteiger partial charge is 0.0437 e. The maximum absolute atomic E-state index is 5.88. The summed E-state index contributed by atoms with van der Waals surface area (Å²) in [6.45, 7) is 6.27. The summed E-state index contributed by atoms with van der Waals surface area (Å²) < 4.78 is 0. The Labute approximate surface area is 115 Å². The molecule has 2 aromatic carbocycles. The Morgan fingerprint density at radius 3 is 2.16 bits per heavy atom. The minimum atomic E-state index is 0.0838. The lowest BCUT2D eigenvalue weighted by Gasteiger charge is -2.22. The molecule has 0 radical (unpaired) electrons. The number of hydrogen-bond donors (Lipinski definition) is 1. The molecule has 0 heterocycles. The summed E-state index contributed by atoms with van der Waals surface area (Å²) in [5.41, 5.74) is 12.0. The van der Waals surface area contributed by atoms with Gasteiger partial charge in [0.2, 0.25) is 0 Å². The number of nitrogens with two attached hydrogens (primary N) is 1. The van der Waals surface area contributed by atoms with Gasteiger partial charge < -0.3 is 10.6 Å². The van der Waals surface area contributed by atoms with Gasteiger partial charge in [-0.05, 0) is 50.1 Å². The zero-order valence-electron chi connectivity index (χ0n) is 12.1. The zero-order valence-corrected chi connectivity index (χ0v) is 12.1. The summed E-state index contributed by atoms with van der Waals surface area (Å²) in [5, 5.41) is 0. The van der Waals surface area contributed by atoms with E-state index in [1.54, 1.807) is 0 Å². The van der Waals surface area contributed by atoms with Crippen molar-refractivity contribution in [3.63, 3.8) is 0 Å². The van der Waals surface area contributed by atoms with Gasteiger partial charge in [-0.1, -0.05) is 29.8 Å². The molecule has 0 fully saturated rings. The molecule has 0 aliphatic rings. The van der Waals surface area contributed by atoms with Crippen LogP contribution in [0.5, 0.6) is 0 Å². The van der Waals surface area contributed by atoms with Gasteiger partial charge in [-0.15, -0.1) is 0 Å². The van der Waals surface area contributed by atoms with Crippen molar-refractivity contribution in [1.82, 2.24) is 0 Å². The summed E-state index contributed by atoms with van der Waals surface area (Å²) >= 11 is 0. The third-order valence-corrected chi connectivity index (χ3v) is 3.52. The molecule has 0 saturated heterocycles. The standard InChI is InChI=1S/C17H22N2/c1-12-5-10-17(13(2)11-12)19(4)16-8-6-15(7-9-16)14(3)18/h5-11,14H,18H2,1-4H3. The number of benzene rings is 2. The largest absolute Gasteiger partial charge is 0.344 e. The van der Waals surface area contributed by atoms with Gasteiger partial charge in [0.25, 0.3) is 0 Å². The van der Waals surface area contributed by atoms with Crippen LogP contribution in [0.1, 0.15) is 29.7 Å². The molecule has 0 aliphatic carbocycles. The first kappa shape index (κ1) is 13.6. The fourth-order valence-electron chi connectivity index (χ4n) is 2.32. The van der Waals surface area contributed by atoms with Crippen LogP contribution in [-0.2, 0) is 0 Å². The molecule has 0 saturated carbocycles. The molecular weight excluding hydrogens is 232 g/mol. The molecule has 1 atom stereocenters. The molecule has 19 heavy (non-hydrogen) atoms. The Morgan fingerprint density at radius 2 is 1.63 bits per heavy atom. The van der Waals surface area contributed by atoms with Crippen LogP contribution in [0.2, 0.25) is 0 Å². The molecule has 2 nitrogen and oxygen atoms in total. The lowest BCUT2D eigenvalue weighted by molar-refractivity contribution is 0.818. The van der Waals surface area contributed by atoms with E-state index in [2.05, 4.69) is 68.3 Å². The summed E-state index contributed by atoms with van der Waals surface area (Å²) in [7, 11) is 2.10. The molecule has 2 heteroatoms. The summed E-state index contributed by atoms with van der Waals surface area (Å²) in [6, 6.07) is 15.1. The van der Waals surface area contributed by atoms with Crippen molar-refractivity contribution in [2.45, 2.75) is 26.8 Å². The number of hydrogen-bond acceptors (Lipinski definition) is 2. The molecule has 2 N–H and O–H groups in total. The lowest BCUT2D eigenvalue weighted by Crippen LogP contribution is -2.11. The van der Waals surface area contributed by atoms with E-state index in [1.807, 2.05) is 6.92 Å². The first-order chi connectivity index (χ1) is 8.99. The fourth-order valence-corrected chi connectivity index (χ4v) is 2.32. The Bertz CT molecular complexity index is 556. The first-order valence-corrected chi connectivity index (χ1v) is 6.65. The van der Waals surface area contributed by atoms with Gasteiger partial charge >= 0.3 is 0 Å². The van der Waals surface area contributed by atoms with E-state index in [0.717, 1.165) is 5.56 Å². The van der Waals surface area contributed by atoms with Crippen LogP contribution in [0.25, 0.3) is 0 Å². The Hall–Kier alpha value is -1.80. The van der Waals surface area contributed by atoms with Crippen LogP contribution >= 0.6 is 0 Å². The number of rotatable bonds is 3. The molecular formula is C17H22N2. The fraction of sp³-hybridized carbons (Fsp3) is 0.294. The van der Waals surface area contributed by atoms with Crippen LogP contribution in [0.4, 0.5) is 11.4 Å². The van der Waals surface area contributed by atoms with Crippen molar-refractivity contribution >= 4 is 11.4 Å². The van der Waals surface area contributed by atoms with Crippen molar-refractivity contribution in [3.8, 4) is 0 Å². The summed E-state index contributed by atoms with van der Waals surface area (Å²) in [6.07, 6.45) is 0. The topological polar surface area (TPSA) is 29.3 Å². The maximum Gasteiger partial charge on any atom is 0.0437 e. The Balaban J connectivity index is 2.30. The first-order valence-electron chi connectivity index (χ1n) is 6.65.